The van der Waals surface area contributed by atoms with Gasteiger partial charge in [-0.2, -0.15) is 0 Å². The molecule has 0 rings (SSSR count). The highest BCUT2D eigenvalue weighted by atomic mass is 32.2. The van der Waals surface area contributed by atoms with Gasteiger partial charge in [-0.3, -0.25) is 0 Å². The molecule has 90 valence electrons. The van der Waals surface area contributed by atoms with Crippen LogP contribution in [-0.4, -0.2) is 30.6 Å². The first kappa shape index (κ1) is 14.6. The molecule has 0 aliphatic heterocycles. The van der Waals surface area contributed by atoms with Crippen molar-refractivity contribution in [2.45, 2.75) is 38.9 Å². The van der Waals surface area contributed by atoms with Crippen LogP contribution in [0.4, 0.5) is 0 Å². The lowest BCUT2D eigenvalue weighted by Gasteiger charge is -2.25. The maximum atomic E-state index is 11.8. The summed E-state index contributed by atoms with van der Waals surface area (Å²) in [6.07, 6.45) is 2.03. The van der Waals surface area contributed by atoms with Gasteiger partial charge in [0.05, 0.1) is 17.1 Å². The van der Waals surface area contributed by atoms with Crippen LogP contribution < -0.4 is 0 Å². The van der Waals surface area contributed by atoms with Crippen molar-refractivity contribution in [1.82, 2.24) is 0 Å². The normalized spacial score (nSPS) is 17.1. The monoisotopic (exact) mass is 234 g/mol. The summed E-state index contributed by atoms with van der Waals surface area (Å²) in [5.41, 5.74) is -0.502. The summed E-state index contributed by atoms with van der Waals surface area (Å²) in [5, 5.41) is 9.12. The van der Waals surface area contributed by atoms with E-state index in [0.717, 1.165) is 0 Å². The second kappa shape index (κ2) is 4.66. The zero-order chi connectivity index (χ0) is 12.3. The molecule has 0 aromatic carbocycles. The van der Waals surface area contributed by atoms with E-state index in [9.17, 15) is 8.42 Å². The fourth-order valence-electron chi connectivity index (χ4n) is 0.919. The summed E-state index contributed by atoms with van der Waals surface area (Å²) < 4.78 is 22.9. The van der Waals surface area contributed by atoms with Crippen molar-refractivity contribution in [2.24, 2.45) is 5.41 Å². The maximum Gasteiger partial charge on any atom is 0.155 e. The molecule has 1 N–H and O–H groups in total. The number of hydrogen-bond donors (Lipinski definition) is 1. The van der Waals surface area contributed by atoms with Crippen LogP contribution in [0.5, 0.6) is 0 Å². The summed E-state index contributed by atoms with van der Waals surface area (Å²) in [7, 11) is -3.11. The number of aliphatic hydroxyl groups is 1. The highest BCUT2D eigenvalue weighted by Gasteiger charge is 2.31. The second-order valence-electron chi connectivity index (χ2n) is 5.20. The van der Waals surface area contributed by atoms with E-state index < -0.39 is 20.0 Å². The van der Waals surface area contributed by atoms with Crippen molar-refractivity contribution in [3.8, 4) is 0 Å². The molecular formula is C11H22O3S. The standard InChI is InChI=1S/C11H22O3S/c1-6-11(5,9-12)7-8-15(13,14)10(2,3)4/h6,12H,1,7-9H2,2-5H3. The number of aliphatic hydroxyl groups excluding tert-OH is 1. The van der Waals surface area contributed by atoms with Gasteiger partial charge < -0.3 is 5.11 Å². The third-order valence-electron chi connectivity index (χ3n) is 2.73. The van der Waals surface area contributed by atoms with Crippen LogP contribution in [0.1, 0.15) is 34.1 Å². The van der Waals surface area contributed by atoms with Gasteiger partial charge in [0.25, 0.3) is 0 Å². The SMILES string of the molecule is C=CC(C)(CO)CCS(=O)(=O)C(C)(C)C. The van der Waals surface area contributed by atoms with Crippen LogP contribution in [0.2, 0.25) is 0 Å². The van der Waals surface area contributed by atoms with E-state index in [1.807, 2.05) is 0 Å². The average molecular weight is 234 g/mol. The molecular weight excluding hydrogens is 212 g/mol. The minimum absolute atomic E-state index is 0.0733. The molecule has 0 heterocycles. The van der Waals surface area contributed by atoms with Crippen LogP contribution in [-0.2, 0) is 9.84 Å². The lowest BCUT2D eigenvalue weighted by molar-refractivity contribution is 0.181. The van der Waals surface area contributed by atoms with E-state index in [2.05, 4.69) is 6.58 Å². The quantitative estimate of drug-likeness (QED) is 0.738. The number of hydrogen-bond acceptors (Lipinski definition) is 3. The zero-order valence-electron chi connectivity index (χ0n) is 10.1. The van der Waals surface area contributed by atoms with Crippen molar-refractivity contribution in [2.75, 3.05) is 12.4 Å². The van der Waals surface area contributed by atoms with Gasteiger partial charge in [-0.05, 0) is 27.2 Å². The van der Waals surface area contributed by atoms with Gasteiger partial charge in [-0.1, -0.05) is 13.0 Å². The Hall–Kier alpha value is -0.350. The van der Waals surface area contributed by atoms with Crippen LogP contribution in [0, 0.1) is 5.41 Å². The van der Waals surface area contributed by atoms with Gasteiger partial charge in [0.2, 0.25) is 0 Å². The third kappa shape index (κ3) is 3.95. The molecule has 4 heteroatoms. The second-order valence-corrected chi connectivity index (χ2v) is 8.06. The van der Waals surface area contributed by atoms with Gasteiger partial charge in [0.15, 0.2) is 9.84 Å². The molecule has 0 aliphatic carbocycles. The maximum absolute atomic E-state index is 11.8. The largest absolute Gasteiger partial charge is 0.395 e. The molecule has 0 fully saturated rings. The van der Waals surface area contributed by atoms with E-state index in [4.69, 9.17) is 5.11 Å². The minimum atomic E-state index is -3.11. The molecule has 0 aromatic heterocycles. The molecule has 1 unspecified atom stereocenters. The predicted octanol–water partition coefficient (Wildman–Crippen LogP) is 1.77. The van der Waals surface area contributed by atoms with Crippen molar-refractivity contribution in [3.63, 3.8) is 0 Å². The molecule has 0 saturated heterocycles. The van der Waals surface area contributed by atoms with Gasteiger partial charge in [0, 0.05) is 5.41 Å². The van der Waals surface area contributed by atoms with Gasteiger partial charge in [-0.15, -0.1) is 6.58 Å². The summed E-state index contributed by atoms with van der Waals surface area (Å²) in [5.74, 6) is 0.0829. The first-order valence-electron chi connectivity index (χ1n) is 5.05. The molecule has 0 bridgehead atoms. The Kier molecular flexibility index (Phi) is 4.55. The van der Waals surface area contributed by atoms with Crippen molar-refractivity contribution >= 4 is 9.84 Å². The highest BCUT2D eigenvalue weighted by Crippen LogP contribution is 2.25. The predicted molar refractivity (Wildman–Crippen MR) is 63.5 cm³/mol. The number of rotatable bonds is 5. The lowest BCUT2D eigenvalue weighted by Crippen LogP contribution is -2.33. The molecule has 0 amide bonds. The van der Waals surface area contributed by atoms with Crippen LogP contribution in [0.3, 0.4) is 0 Å². The van der Waals surface area contributed by atoms with Gasteiger partial charge in [0.1, 0.15) is 0 Å². The highest BCUT2D eigenvalue weighted by molar-refractivity contribution is 7.92. The molecule has 0 aromatic rings. The molecule has 0 radical (unpaired) electrons. The number of sulfone groups is 1. The fraction of sp³-hybridized carbons (Fsp3) is 0.818. The molecule has 3 nitrogen and oxygen atoms in total. The molecule has 1 atom stereocenters. The topological polar surface area (TPSA) is 54.4 Å². The Bertz CT molecular complexity index is 311. The summed E-state index contributed by atoms with van der Waals surface area (Å²) in [6.45, 7) is 10.4. The molecule has 0 spiro atoms. The Morgan fingerprint density at radius 3 is 2.00 bits per heavy atom. The van der Waals surface area contributed by atoms with Crippen molar-refractivity contribution in [3.05, 3.63) is 12.7 Å². The summed E-state index contributed by atoms with van der Waals surface area (Å²) in [4.78, 5) is 0. The first-order chi connectivity index (χ1) is 6.58. The summed E-state index contributed by atoms with van der Waals surface area (Å²) in [6, 6.07) is 0. The lowest BCUT2D eigenvalue weighted by atomic mass is 9.89. The van der Waals surface area contributed by atoms with Crippen LogP contribution in [0.15, 0.2) is 12.7 Å². The van der Waals surface area contributed by atoms with Gasteiger partial charge >= 0.3 is 0 Å². The van der Waals surface area contributed by atoms with E-state index in [1.165, 1.54) is 0 Å². The molecule has 0 saturated carbocycles. The smallest absolute Gasteiger partial charge is 0.155 e. The zero-order valence-corrected chi connectivity index (χ0v) is 10.9. The van der Waals surface area contributed by atoms with Crippen LogP contribution >= 0.6 is 0 Å². The third-order valence-corrected chi connectivity index (χ3v) is 5.34. The Balaban J connectivity index is 4.60. The van der Waals surface area contributed by atoms with Crippen molar-refractivity contribution in [1.29, 1.82) is 0 Å². The molecule has 15 heavy (non-hydrogen) atoms. The molecule has 0 aliphatic rings. The van der Waals surface area contributed by atoms with Crippen LogP contribution in [0.25, 0.3) is 0 Å². The average Bonchev–Trinajstić information content (AvgIpc) is 2.13. The minimum Gasteiger partial charge on any atom is -0.395 e. The van der Waals surface area contributed by atoms with E-state index >= 15 is 0 Å². The Labute approximate surface area is 93.1 Å². The Morgan fingerprint density at radius 1 is 1.27 bits per heavy atom. The summed E-state index contributed by atoms with van der Waals surface area (Å²) >= 11 is 0. The Morgan fingerprint density at radius 2 is 1.73 bits per heavy atom. The fourth-order valence-corrected chi connectivity index (χ4v) is 2.27. The van der Waals surface area contributed by atoms with E-state index in [1.54, 1.807) is 33.8 Å². The van der Waals surface area contributed by atoms with E-state index in [-0.39, 0.29) is 12.4 Å². The first-order valence-corrected chi connectivity index (χ1v) is 6.70. The van der Waals surface area contributed by atoms with Gasteiger partial charge in [-0.25, -0.2) is 8.42 Å². The van der Waals surface area contributed by atoms with Crippen molar-refractivity contribution < 1.29 is 13.5 Å². The van der Waals surface area contributed by atoms with E-state index in [0.29, 0.717) is 6.42 Å².